The molecule has 256 valence electrons. The highest BCUT2D eigenvalue weighted by molar-refractivity contribution is 14.1. The predicted octanol–water partition coefficient (Wildman–Crippen LogP) is 10.3. The number of hydrogen-bond acceptors (Lipinski definition) is 4. The number of carbonyl (C=O) groups excluding carboxylic acids is 2. The Bertz CT molecular complexity index is 1420. The van der Waals surface area contributed by atoms with Gasteiger partial charge in [-0.2, -0.15) is 0 Å². The van der Waals surface area contributed by atoms with Crippen molar-refractivity contribution in [2.45, 2.75) is 131 Å². The second kappa shape index (κ2) is 14.2. The van der Waals surface area contributed by atoms with Crippen LogP contribution in [-0.2, 0) is 31.2 Å². The number of nitrogens with one attached hydrogen (secondary N) is 2. The summed E-state index contributed by atoms with van der Waals surface area (Å²) in [5.74, 6) is 0.505. The first-order valence-electron chi connectivity index (χ1n) is 16.4. The average molecular weight is 755 g/mol. The monoisotopic (exact) mass is 754 g/mol. The fraction of sp³-hybridized carbons (Fsp3) is 0.500. The minimum absolute atomic E-state index is 0.0702. The molecule has 2 N–H and O–H groups in total. The lowest BCUT2D eigenvalue weighted by molar-refractivity contribution is -0.122. The van der Waals surface area contributed by atoms with Crippen molar-refractivity contribution in [3.05, 3.63) is 80.4 Å². The van der Waals surface area contributed by atoms with E-state index < -0.39 is 12.2 Å². The maximum atomic E-state index is 13.3. The zero-order chi connectivity index (χ0) is 35.7. The van der Waals surface area contributed by atoms with Crippen LogP contribution in [0.2, 0.25) is 0 Å². The van der Waals surface area contributed by atoms with Crippen LogP contribution in [0.4, 0.5) is 11.4 Å². The molecule has 0 heterocycles. The summed E-state index contributed by atoms with van der Waals surface area (Å²) in [6.45, 7) is 29.5. The molecule has 2 amide bonds. The maximum Gasteiger partial charge on any atom is 0.265 e. The van der Waals surface area contributed by atoms with Crippen molar-refractivity contribution in [2.75, 3.05) is 10.6 Å². The first-order valence-corrected chi connectivity index (χ1v) is 17.5. The van der Waals surface area contributed by atoms with E-state index in [0.29, 0.717) is 15.1 Å². The fourth-order valence-corrected chi connectivity index (χ4v) is 5.39. The van der Waals surface area contributed by atoms with Crippen molar-refractivity contribution < 1.29 is 19.1 Å². The zero-order valence-electron chi connectivity index (χ0n) is 30.9. The molecule has 3 aromatic rings. The van der Waals surface area contributed by atoms with Gasteiger partial charge in [0, 0.05) is 11.4 Å². The SMILES string of the molecule is C[C@@H](Oc1cccc(O[C@H](C)C(=O)Nc2cc(C(C)(C)C)cc(C(C)(C)C)c2)c1I)C(=O)Nc1cc(C(C)(C)C)cc(C(C)(C)C)c1. The first kappa shape index (κ1) is 38.4. The van der Waals surface area contributed by atoms with Crippen LogP contribution in [0.1, 0.15) is 119 Å². The van der Waals surface area contributed by atoms with Crippen LogP contribution in [0.15, 0.2) is 54.6 Å². The molecule has 0 aliphatic carbocycles. The Hall–Kier alpha value is -3.07. The molecule has 47 heavy (non-hydrogen) atoms. The third kappa shape index (κ3) is 10.5. The van der Waals surface area contributed by atoms with E-state index in [4.69, 9.17) is 9.47 Å². The van der Waals surface area contributed by atoms with E-state index in [-0.39, 0.29) is 33.5 Å². The van der Waals surface area contributed by atoms with Gasteiger partial charge in [-0.05, 0) is 117 Å². The standard InChI is InChI=1S/C40H55IN2O4/c1-24(35(44)42-30-20-26(37(3,4)5)18-27(21-30)38(6,7)8)46-32-16-15-17-33(34(32)41)47-25(2)36(45)43-31-22-28(39(9,10)11)19-29(23-31)40(12,13)14/h15-25H,1-14H3,(H,42,44)(H,43,45)/t24-,25-/m1/s1. The molecular formula is C40H55IN2O4. The van der Waals surface area contributed by atoms with Gasteiger partial charge in [-0.1, -0.05) is 101 Å². The van der Waals surface area contributed by atoms with Crippen molar-refractivity contribution in [1.82, 2.24) is 0 Å². The highest BCUT2D eigenvalue weighted by atomic mass is 127. The van der Waals surface area contributed by atoms with Gasteiger partial charge < -0.3 is 20.1 Å². The van der Waals surface area contributed by atoms with Crippen molar-refractivity contribution >= 4 is 45.8 Å². The van der Waals surface area contributed by atoms with Gasteiger partial charge in [0.05, 0.1) is 3.57 Å². The highest BCUT2D eigenvalue weighted by Crippen LogP contribution is 2.35. The van der Waals surface area contributed by atoms with E-state index in [1.807, 2.05) is 24.3 Å². The topological polar surface area (TPSA) is 76.7 Å². The number of carbonyl (C=O) groups is 2. The summed E-state index contributed by atoms with van der Waals surface area (Å²) < 4.78 is 13.0. The number of rotatable bonds is 8. The number of anilines is 2. The van der Waals surface area contributed by atoms with Gasteiger partial charge in [-0.3, -0.25) is 9.59 Å². The third-order valence-corrected chi connectivity index (χ3v) is 9.20. The number of halogens is 1. The Kier molecular flexibility index (Phi) is 11.6. The van der Waals surface area contributed by atoms with E-state index in [9.17, 15) is 9.59 Å². The van der Waals surface area contributed by atoms with Crippen LogP contribution in [0, 0.1) is 3.57 Å². The summed E-state index contributed by atoms with van der Waals surface area (Å²) in [4.78, 5) is 26.6. The summed E-state index contributed by atoms with van der Waals surface area (Å²) in [5, 5.41) is 6.13. The van der Waals surface area contributed by atoms with E-state index in [2.05, 4.69) is 128 Å². The van der Waals surface area contributed by atoms with Gasteiger partial charge in [0.2, 0.25) is 0 Å². The quantitative estimate of drug-likeness (QED) is 0.225. The zero-order valence-corrected chi connectivity index (χ0v) is 33.0. The molecule has 3 aromatic carbocycles. The predicted molar refractivity (Wildman–Crippen MR) is 204 cm³/mol. The van der Waals surface area contributed by atoms with Crippen LogP contribution in [0.25, 0.3) is 0 Å². The van der Waals surface area contributed by atoms with E-state index in [0.717, 1.165) is 33.6 Å². The molecule has 0 fully saturated rings. The summed E-state index contributed by atoms with van der Waals surface area (Å²) in [5.41, 5.74) is 5.84. The molecule has 6 nitrogen and oxygen atoms in total. The molecule has 0 spiro atoms. The molecule has 0 saturated carbocycles. The van der Waals surface area contributed by atoms with Crippen LogP contribution in [-0.4, -0.2) is 24.0 Å². The van der Waals surface area contributed by atoms with Crippen LogP contribution in [0.3, 0.4) is 0 Å². The van der Waals surface area contributed by atoms with Crippen molar-refractivity contribution in [3.63, 3.8) is 0 Å². The number of benzene rings is 3. The van der Waals surface area contributed by atoms with Crippen LogP contribution < -0.4 is 20.1 Å². The smallest absolute Gasteiger partial charge is 0.265 e. The maximum absolute atomic E-state index is 13.3. The molecule has 0 aliphatic heterocycles. The van der Waals surface area contributed by atoms with Gasteiger partial charge in [-0.15, -0.1) is 0 Å². The summed E-state index contributed by atoms with van der Waals surface area (Å²) >= 11 is 2.14. The van der Waals surface area contributed by atoms with Gasteiger partial charge >= 0.3 is 0 Å². The van der Waals surface area contributed by atoms with Crippen molar-refractivity contribution in [1.29, 1.82) is 0 Å². The lowest BCUT2D eigenvalue weighted by Gasteiger charge is -2.26. The molecule has 0 radical (unpaired) electrons. The van der Waals surface area contributed by atoms with Gasteiger partial charge in [0.1, 0.15) is 11.5 Å². The minimum atomic E-state index is -0.775. The number of ether oxygens (including phenoxy) is 2. The van der Waals surface area contributed by atoms with Crippen LogP contribution in [0.5, 0.6) is 11.5 Å². The van der Waals surface area contributed by atoms with Crippen molar-refractivity contribution in [3.8, 4) is 11.5 Å². The van der Waals surface area contributed by atoms with E-state index in [1.54, 1.807) is 32.0 Å². The third-order valence-electron chi connectivity index (χ3n) is 8.14. The van der Waals surface area contributed by atoms with Crippen LogP contribution >= 0.6 is 22.6 Å². The Morgan fingerprint density at radius 1 is 0.553 bits per heavy atom. The lowest BCUT2D eigenvalue weighted by Crippen LogP contribution is -2.31. The Labute approximate surface area is 296 Å². The normalized spacial score (nSPS) is 13.9. The minimum Gasteiger partial charge on any atom is -0.480 e. The van der Waals surface area contributed by atoms with Crippen molar-refractivity contribution in [2.24, 2.45) is 0 Å². The largest absolute Gasteiger partial charge is 0.480 e. The second-order valence-electron chi connectivity index (χ2n) is 16.7. The molecule has 7 heteroatoms. The summed E-state index contributed by atoms with van der Waals surface area (Å²) in [6.07, 6.45) is -1.55. The first-order chi connectivity index (χ1) is 21.4. The summed E-state index contributed by atoms with van der Waals surface area (Å²) in [7, 11) is 0. The highest BCUT2D eigenvalue weighted by Gasteiger charge is 2.25. The molecule has 0 bridgehead atoms. The van der Waals surface area contributed by atoms with Gasteiger partial charge in [0.15, 0.2) is 12.2 Å². The summed E-state index contributed by atoms with van der Waals surface area (Å²) in [6, 6.07) is 18.0. The lowest BCUT2D eigenvalue weighted by atomic mass is 9.80. The Balaban J connectivity index is 1.75. The Morgan fingerprint density at radius 3 is 1.09 bits per heavy atom. The molecule has 2 atom stereocenters. The van der Waals surface area contributed by atoms with Gasteiger partial charge in [0.25, 0.3) is 11.8 Å². The second-order valence-corrected chi connectivity index (χ2v) is 17.7. The molecule has 0 aliphatic rings. The molecule has 0 unspecified atom stereocenters. The molecule has 3 rings (SSSR count). The average Bonchev–Trinajstić information content (AvgIpc) is 2.92. The Morgan fingerprint density at radius 2 is 0.830 bits per heavy atom. The van der Waals surface area contributed by atoms with Gasteiger partial charge in [-0.25, -0.2) is 0 Å². The van der Waals surface area contributed by atoms with E-state index in [1.165, 1.54) is 0 Å². The molecule has 0 aromatic heterocycles. The molecule has 0 saturated heterocycles. The van der Waals surface area contributed by atoms with E-state index >= 15 is 0 Å². The number of hydrogen-bond donors (Lipinski definition) is 2. The fourth-order valence-electron chi connectivity index (χ4n) is 4.78. The molecular weight excluding hydrogens is 699 g/mol. The number of amides is 2.